The first-order chi connectivity index (χ1) is 17.4. The number of hydrogen-bond donors (Lipinski definition) is 3. The number of benzene rings is 3. The molecule has 0 saturated heterocycles. The monoisotopic (exact) mass is 582 g/mol. The van der Waals surface area contributed by atoms with E-state index in [-0.39, 0.29) is 31.4 Å². The van der Waals surface area contributed by atoms with Gasteiger partial charge in [0.05, 0.1) is 16.1 Å². The van der Waals surface area contributed by atoms with E-state index in [4.69, 9.17) is 39.5 Å². The molecule has 0 aromatic heterocycles. The number of carbonyl (C=O) groups excluding carboxylic acids is 1. The number of carbonyl (C=O) groups is 1. The van der Waals surface area contributed by atoms with Crippen LogP contribution in [0.2, 0.25) is 15.1 Å². The van der Waals surface area contributed by atoms with Gasteiger partial charge in [-0.15, -0.1) is 0 Å². The summed E-state index contributed by atoms with van der Waals surface area (Å²) in [4.78, 5) is 12.5. The van der Waals surface area contributed by atoms with E-state index in [0.29, 0.717) is 24.3 Å². The number of aliphatic hydroxyl groups excluding tert-OH is 1. The second-order valence-corrected chi connectivity index (χ2v) is 12.1. The standard InChI is InChI=1S/C26H25Cl3N2O5S/c1-26(2)24(32)22(31-37(34,35)23-19(28)13-17(27)14-20(23)29)18-12-16(8-9-21(18)36-26)25(33)30-11-10-15-6-4-3-5-7-15/h3-9,12-14,22,24,31-32H,10-11H2,1-2H3,(H,30,33)/t22-,24+/m1/s1. The molecule has 0 saturated carbocycles. The third kappa shape index (κ3) is 6.06. The van der Waals surface area contributed by atoms with Gasteiger partial charge in [0.25, 0.3) is 5.91 Å². The number of ether oxygens (including phenoxy) is 1. The lowest BCUT2D eigenvalue weighted by Gasteiger charge is -2.42. The molecule has 0 fully saturated rings. The van der Waals surface area contributed by atoms with Gasteiger partial charge in [0.1, 0.15) is 22.4 Å². The largest absolute Gasteiger partial charge is 0.485 e. The van der Waals surface area contributed by atoms with Crippen molar-refractivity contribution in [3.05, 3.63) is 92.4 Å². The van der Waals surface area contributed by atoms with Crippen LogP contribution in [-0.4, -0.2) is 37.7 Å². The zero-order chi connectivity index (χ0) is 27.0. The van der Waals surface area contributed by atoms with Crippen molar-refractivity contribution in [2.24, 2.45) is 0 Å². The predicted molar refractivity (Wildman–Crippen MR) is 144 cm³/mol. The van der Waals surface area contributed by atoms with Gasteiger partial charge < -0.3 is 15.2 Å². The lowest BCUT2D eigenvalue weighted by atomic mass is 9.86. The first kappa shape index (κ1) is 27.7. The number of fused-ring (bicyclic) bond motifs is 1. The van der Waals surface area contributed by atoms with Gasteiger partial charge in [0.2, 0.25) is 10.0 Å². The topological polar surface area (TPSA) is 105 Å². The van der Waals surface area contributed by atoms with Crippen molar-refractivity contribution in [3.8, 4) is 5.75 Å². The Morgan fingerprint density at radius 1 is 1.03 bits per heavy atom. The van der Waals surface area contributed by atoms with E-state index in [1.54, 1.807) is 26.0 Å². The molecule has 37 heavy (non-hydrogen) atoms. The number of halogens is 3. The summed E-state index contributed by atoms with van der Waals surface area (Å²) in [5.41, 5.74) is 0.523. The molecule has 0 aliphatic carbocycles. The minimum atomic E-state index is -4.33. The van der Waals surface area contributed by atoms with E-state index in [9.17, 15) is 18.3 Å². The van der Waals surface area contributed by atoms with Crippen molar-refractivity contribution in [3.63, 3.8) is 0 Å². The molecule has 3 N–H and O–H groups in total. The maximum Gasteiger partial charge on any atom is 0.251 e. The number of rotatable bonds is 7. The van der Waals surface area contributed by atoms with Crippen molar-refractivity contribution in [1.29, 1.82) is 0 Å². The summed E-state index contributed by atoms with van der Waals surface area (Å²) in [6, 6.07) is 15.8. The minimum absolute atomic E-state index is 0.169. The molecule has 1 aliphatic heterocycles. The summed E-state index contributed by atoms with van der Waals surface area (Å²) >= 11 is 18.3. The summed E-state index contributed by atoms with van der Waals surface area (Å²) in [5, 5.41) is 13.8. The highest BCUT2D eigenvalue weighted by Gasteiger charge is 2.45. The molecule has 0 radical (unpaired) electrons. The van der Waals surface area contributed by atoms with Crippen LogP contribution < -0.4 is 14.8 Å². The molecule has 4 rings (SSSR count). The molecule has 2 atom stereocenters. The Bertz CT molecular complexity index is 1410. The lowest BCUT2D eigenvalue weighted by molar-refractivity contribution is -0.0603. The van der Waals surface area contributed by atoms with Gasteiger partial charge >= 0.3 is 0 Å². The van der Waals surface area contributed by atoms with Gasteiger partial charge in [-0.3, -0.25) is 4.79 Å². The molecule has 11 heteroatoms. The number of amides is 1. The Morgan fingerprint density at radius 3 is 2.32 bits per heavy atom. The van der Waals surface area contributed by atoms with Crippen LogP contribution in [0, 0.1) is 0 Å². The van der Waals surface area contributed by atoms with E-state index in [1.807, 2.05) is 30.3 Å². The highest BCUT2D eigenvalue weighted by molar-refractivity contribution is 7.89. The molecule has 1 aliphatic rings. The fraction of sp³-hybridized carbons (Fsp3) is 0.269. The highest BCUT2D eigenvalue weighted by Crippen LogP contribution is 2.42. The van der Waals surface area contributed by atoms with Gasteiger partial charge in [-0.25, -0.2) is 13.1 Å². The zero-order valence-electron chi connectivity index (χ0n) is 20.0. The molecule has 1 heterocycles. The average Bonchev–Trinajstić information content (AvgIpc) is 2.81. The third-order valence-corrected chi connectivity index (χ3v) is 8.64. The van der Waals surface area contributed by atoms with Gasteiger partial charge in [0, 0.05) is 22.7 Å². The molecule has 0 spiro atoms. The van der Waals surface area contributed by atoms with Crippen LogP contribution in [-0.2, 0) is 16.4 Å². The Morgan fingerprint density at radius 2 is 1.68 bits per heavy atom. The van der Waals surface area contributed by atoms with Gasteiger partial charge in [-0.2, -0.15) is 0 Å². The molecule has 3 aromatic carbocycles. The van der Waals surface area contributed by atoms with Crippen molar-refractivity contribution < 1.29 is 23.1 Å². The molecule has 3 aromatic rings. The SMILES string of the molecule is CC1(C)Oc2ccc(C(=O)NCCc3ccccc3)cc2[C@@H](NS(=O)(=O)c2c(Cl)cc(Cl)cc2Cl)[C@@H]1O. The fourth-order valence-corrected chi connectivity index (χ4v) is 6.91. The van der Waals surface area contributed by atoms with Crippen molar-refractivity contribution in [1.82, 2.24) is 10.0 Å². The van der Waals surface area contributed by atoms with E-state index < -0.39 is 27.8 Å². The smallest absolute Gasteiger partial charge is 0.251 e. The second-order valence-electron chi connectivity index (χ2n) is 9.19. The first-order valence-electron chi connectivity index (χ1n) is 11.4. The summed E-state index contributed by atoms with van der Waals surface area (Å²) < 4.78 is 35.2. The van der Waals surface area contributed by atoms with E-state index in [1.165, 1.54) is 18.2 Å². The zero-order valence-corrected chi connectivity index (χ0v) is 23.0. The van der Waals surface area contributed by atoms with Gasteiger partial charge in [-0.05, 0) is 56.2 Å². The second kappa shape index (κ2) is 10.8. The van der Waals surface area contributed by atoms with Crippen molar-refractivity contribution in [2.75, 3.05) is 6.54 Å². The molecule has 196 valence electrons. The molecule has 7 nitrogen and oxygen atoms in total. The maximum atomic E-state index is 13.4. The Balaban J connectivity index is 1.63. The number of hydrogen-bond acceptors (Lipinski definition) is 5. The van der Waals surface area contributed by atoms with E-state index in [2.05, 4.69) is 10.0 Å². The first-order valence-corrected chi connectivity index (χ1v) is 14.0. The predicted octanol–water partition coefficient (Wildman–Crippen LogP) is 5.17. The molecular weight excluding hydrogens is 559 g/mol. The summed E-state index contributed by atoms with van der Waals surface area (Å²) in [6.07, 6.45) is -0.658. The average molecular weight is 584 g/mol. The van der Waals surface area contributed by atoms with Crippen LogP contribution >= 0.6 is 34.8 Å². The Labute approximate surface area is 230 Å². The molecule has 0 unspecified atom stereocenters. The van der Waals surface area contributed by atoms with Crippen LogP contribution in [0.15, 0.2) is 65.6 Å². The van der Waals surface area contributed by atoms with Gasteiger partial charge in [-0.1, -0.05) is 65.1 Å². The van der Waals surface area contributed by atoms with Crippen LogP contribution in [0.3, 0.4) is 0 Å². The number of nitrogens with one attached hydrogen (secondary N) is 2. The Kier molecular flexibility index (Phi) is 8.09. The summed E-state index contributed by atoms with van der Waals surface area (Å²) in [6.45, 7) is 3.68. The third-order valence-electron chi connectivity index (χ3n) is 6.06. The molecule has 0 bridgehead atoms. The maximum absolute atomic E-state index is 13.4. The van der Waals surface area contributed by atoms with Crippen molar-refractivity contribution in [2.45, 2.75) is 42.9 Å². The molecule has 1 amide bonds. The van der Waals surface area contributed by atoms with Crippen LogP contribution in [0.4, 0.5) is 0 Å². The lowest BCUT2D eigenvalue weighted by Crippen LogP contribution is -2.53. The van der Waals surface area contributed by atoms with E-state index >= 15 is 0 Å². The van der Waals surface area contributed by atoms with Crippen LogP contribution in [0.25, 0.3) is 0 Å². The minimum Gasteiger partial charge on any atom is -0.485 e. The molecular formula is C26H25Cl3N2O5S. The number of aliphatic hydroxyl groups is 1. The summed E-state index contributed by atoms with van der Waals surface area (Å²) in [5.74, 6) is -0.0133. The quantitative estimate of drug-likeness (QED) is 0.356. The normalized spacial score (nSPS) is 18.5. The van der Waals surface area contributed by atoms with Crippen molar-refractivity contribution >= 4 is 50.7 Å². The van der Waals surface area contributed by atoms with Crippen LogP contribution in [0.5, 0.6) is 5.75 Å². The van der Waals surface area contributed by atoms with Crippen LogP contribution in [0.1, 0.15) is 41.4 Å². The Hall–Kier alpha value is -2.33. The van der Waals surface area contributed by atoms with E-state index in [0.717, 1.165) is 5.56 Å². The summed E-state index contributed by atoms with van der Waals surface area (Å²) in [7, 11) is -4.33. The fourth-order valence-electron chi connectivity index (χ4n) is 4.15. The number of sulfonamides is 1. The van der Waals surface area contributed by atoms with Gasteiger partial charge in [0.15, 0.2) is 0 Å². The highest BCUT2D eigenvalue weighted by atomic mass is 35.5.